The number of carbonyl (C=O) groups is 1. The summed E-state index contributed by atoms with van der Waals surface area (Å²) in [6.45, 7) is 7.43. The molecule has 2 heterocycles. The predicted molar refractivity (Wildman–Crippen MR) is 113 cm³/mol. The molecular formula is C22H25N3O2S. The Balaban J connectivity index is 1.41. The van der Waals surface area contributed by atoms with Crippen molar-refractivity contribution in [3.8, 4) is 16.3 Å². The van der Waals surface area contributed by atoms with E-state index in [0.29, 0.717) is 13.2 Å². The quantitative estimate of drug-likeness (QED) is 0.608. The van der Waals surface area contributed by atoms with Crippen LogP contribution in [0.15, 0.2) is 54.2 Å². The number of benzene rings is 1. The number of amides is 1. The summed E-state index contributed by atoms with van der Waals surface area (Å²) < 4.78 is 5.70. The Labute approximate surface area is 169 Å². The number of ether oxygens (including phenoxy) is 1. The van der Waals surface area contributed by atoms with Crippen molar-refractivity contribution in [2.75, 3.05) is 13.2 Å². The van der Waals surface area contributed by atoms with Gasteiger partial charge in [-0.3, -0.25) is 9.78 Å². The summed E-state index contributed by atoms with van der Waals surface area (Å²) in [4.78, 5) is 20.7. The minimum Gasteiger partial charge on any atom is -0.492 e. The lowest BCUT2D eigenvalue weighted by Gasteiger charge is -2.19. The minimum atomic E-state index is -0.0604. The predicted octanol–water partition coefficient (Wildman–Crippen LogP) is 4.24. The SMILES string of the molecule is CC(C)(C)c1ccc(OCCNC(=O)Cc2csc(-c3cccnc3)n2)cc1. The van der Waals surface area contributed by atoms with Gasteiger partial charge in [-0.2, -0.15) is 0 Å². The second kappa shape index (κ2) is 8.97. The van der Waals surface area contributed by atoms with Gasteiger partial charge in [-0.15, -0.1) is 11.3 Å². The molecule has 6 heteroatoms. The van der Waals surface area contributed by atoms with Gasteiger partial charge >= 0.3 is 0 Å². The highest BCUT2D eigenvalue weighted by molar-refractivity contribution is 7.13. The Morgan fingerprint density at radius 2 is 1.96 bits per heavy atom. The molecule has 1 N–H and O–H groups in total. The van der Waals surface area contributed by atoms with E-state index in [1.807, 2.05) is 29.6 Å². The van der Waals surface area contributed by atoms with Crippen LogP contribution in [-0.2, 0) is 16.6 Å². The van der Waals surface area contributed by atoms with Crippen LogP contribution in [0.3, 0.4) is 0 Å². The third kappa shape index (κ3) is 5.63. The summed E-state index contributed by atoms with van der Waals surface area (Å²) in [6.07, 6.45) is 3.76. The molecule has 0 aliphatic carbocycles. The Bertz CT molecular complexity index is 900. The van der Waals surface area contributed by atoms with E-state index >= 15 is 0 Å². The molecule has 1 aromatic carbocycles. The Kier molecular flexibility index (Phi) is 6.41. The van der Waals surface area contributed by atoms with Crippen molar-refractivity contribution >= 4 is 17.2 Å². The zero-order chi connectivity index (χ0) is 20.0. The van der Waals surface area contributed by atoms with E-state index in [1.165, 1.54) is 16.9 Å². The average molecular weight is 396 g/mol. The van der Waals surface area contributed by atoms with Crippen LogP contribution in [0.1, 0.15) is 32.0 Å². The van der Waals surface area contributed by atoms with Crippen LogP contribution >= 0.6 is 11.3 Å². The summed E-state index contributed by atoms with van der Waals surface area (Å²) in [5.74, 6) is 0.748. The monoisotopic (exact) mass is 395 g/mol. The van der Waals surface area contributed by atoms with E-state index < -0.39 is 0 Å². The van der Waals surface area contributed by atoms with E-state index in [4.69, 9.17) is 4.74 Å². The number of thiazole rings is 1. The summed E-state index contributed by atoms with van der Waals surface area (Å²) in [5, 5.41) is 5.66. The first-order valence-electron chi connectivity index (χ1n) is 9.27. The van der Waals surface area contributed by atoms with E-state index in [-0.39, 0.29) is 17.7 Å². The van der Waals surface area contributed by atoms with Crippen LogP contribution in [0.4, 0.5) is 0 Å². The van der Waals surface area contributed by atoms with Gasteiger partial charge in [-0.1, -0.05) is 32.9 Å². The third-order valence-corrected chi connectivity index (χ3v) is 5.16. The molecule has 0 aliphatic heterocycles. The van der Waals surface area contributed by atoms with Gasteiger partial charge in [0.2, 0.25) is 5.91 Å². The molecule has 146 valence electrons. The van der Waals surface area contributed by atoms with Crippen molar-refractivity contribution < 1.29 is 9.53 Å². The molecule has 0 radical (unpaired) electrons. The summed E-state index contributed by atoms with van der Waals surface area (Å²) in [5.41, 5.74) is 3.12. The van der Waals surface area contributed by atoms with Gasteiger partial charge in [0.25, 0.3) is 0 Å². The maximum absolute atomic E-state index is 12.1. The second-order valence-electron chi connectivity index (χ2n) is 7.54. The van der Waals surface area contributed by atoms with Gasteiger partial charge < -0.3 is 10.1 Å². The molecule has 3 aromatic rings. The zero-order valence-corrected chi connectivity index (χ0v) is 17.3. The molecule has 1 amide bonds. The zero-order valence-electron chi connectivity index (χ0n) is 16.4. The topological polar surface area (TPSA) is 64.1 Å². The van der Waals surface area contributed by atoms with E-state index in [9.17, 15) is 4.79 Å². The Hall–Kier alpha value is -2.73. The Morgan fingerprint density at radius 3 is 2.64 bits per heavy atom. The molecule has 2 aromatic heterocycles. The lowest BCUT2D eigenvalue weighted by molar-refractivity contribution is -0.120. The molecule has 0 aliphatic rings. The van der Waals surface area contributed by atoms with Gasteiger partial charge in [0.05, 0.1) is 18.7 Å². The van der Waals surface area contributed by atoms with Gasteiger partial charge in [0.1, 0.15) is 17.4 Å². The highest BCUT2D eigenvalue weighted by atomic mass is 32.1. The highest BCUT2D eigenvalue weighted by Crippen LogP contribution is 2.24. The molecule has 0 atom stereocenters. The number of nitrogens with zero attached hydrogens (tertiary/aromatic N) is 2. The third-order valence-electron chi connectivity index (χ3n) is 4.22. The van der Waals surface area contributed by atoms with Crippen LogP contribution in [0, 0.1) is 0 Å². The summed E-state index contributed by atoms with van der Waals surface area (Å²) in [6, 6.07) is 11.9. The van der Waals surface area contributed by atoms with Crippen molar-refractivity contribution in [3.05, 3.63) is 65.4 Å². The van der Waals surface area contributed by atoms with Crippen molar-refractivity contribution in [2.24, 2.45) is 0 Å². The normalized spacial score (nSPS) is 11.2. The molecule has 5 nitrogen and oxygen atoms in total. The van der Waals surface area contributed by atoms with Gasteiger partial charge in [0.15, 0.2) is 0 Å². The average Bonchev–Trinajstić information content (AvgIpc) is 3.14. The van der Waals surface area contributed by atoms with Gasteiger partial charge in [0, 0.05) is 23.3 Å². The lowest BCUT2D eigenvalue weighted by Crippen LogP contribution is -2.29. The Morgan fingerprint density at radius 1 is 1.18 bits per heavy atom. The molecule has 0 fully saturated rings. The lowest BCUT2D eigenvalue weighted by atomic mass is 9.87. The smallest absolute Gasteiger partial charge is 0.226 e. The number of aromatic nitrogens is 2. The largest absolute Gasteiger partial charge is 0.492 e. The van der Waals surface area contributed by atoms with Crippen molar-refractivity contribution in [1.82, 2.24) is 15.3 Å². The fourth-order valence-corrected chi connectivity index (χ4v) is 3.46. The van der Waals surface area contributed by atoms with Crippen LogP contribution in [-0.4, -0.2) is 29.0 Å². The molecule has 0 spiro atoms. The maximum Gasteiger partial charge on any atom is 0.226 e. The second-order valence-corrected chi connectivity index (χ2v) is 8.39. The van der Waals surface area contributed by atoms with Crippen LogP contribution in [0.2, 0.25) is 0 Å². The van der Waals surface area contributed by atoms with Crippen molar-refractivity contribution in [2.45, 2.75) is 32.6 Å². The number of hydrogen-bond acceptors (Lipinski definition) is 5. The first-order chi connectivity index (χ1) is 13.4. The number of carbonyl (C=O) groups excluding carboxylic acids is 1. The van der Waals surface area contributed by atoms with E-state index in [1.54, 1.807) is 12.4 Å². The van der Waals surface area contributed by atoms with E-state index in [0.717, 1.165) is 22.0 Å². The molecule has 0 saturated heterocycles. The number of hydrogen-bond donors (Lipinski definition) is 1. The molecule has 0 bridgehead atoms. The molecule has 28 heavy (non-hydrogen) atoms. The van der Waals surface area contributed by atoms with Crippen LogP contribution in [0.5, 0.6) is 5.75 Å². The summed E-state index contributed by atoms with van der Waals surface area (Å²) in [7, 11) is 0. The fraction of sp³-hybridized carbons (Fsp3) is 0.318. The van der Waals surface area contributed by atoms with E-state index in [2.05, 4.69) is 48.2 Å². The molecule has 3 rings (SSSR count). The maximum atomic E-state index is 12.1. The molecule has 0 saturated carbocycles. The van der Waals surface area contributed by atoms with Gasteiger partial charge in [-0.05, 0) is 35.2 Å². The number of nitrogens with one attached hydrogen (secondary N) is 1. The summed E-state index contributed by atoms with van der Waals surface area (Å²) >= 11 is 1.52. The highest BCUT2D eigenvalue weighted by Gasteiger charge is 2.13. The van der Waals surface area contributed by atoms with Gasteiger partial charge in [-0.25, -0.2) is 4.98 Å². The standard InChI is InChI=1S/C22H25N3O2S/c1-22(2,3)17-6-8-19(9-7-17)27-12-11-24-20(26)13-18-15-28-21(25-18)16-5-4-10-23-14-16/h4-10,14-15H,11-13H2,1-3H3,(H,24,26). The van der Waals surface area contributed by atoms with Crippen molar-refractivity contribution in [1.29, 1.82) is 0 Å². The number of rotatable bonds is 7. The number of pyridine rings is 1. The van der Waals surface area contributed by atoms with Crippen LogP contribution in [0.25, 0.3) is 10.6 Å². The first-order valence-corrected chi connectivity index (χ1v) is 10.1. The van der Waals surface area contributed by atoms with Crippen LogP contribution < -0.4 is 10.1 Å². The minimum absolute atomic E-state index is 0.0604. The molecule has 0 unspecified atom stereocenters. The fourth-order valence-electron chi connectivity index (χ4n) is 2.65. The first kappa shape index (κ1) is 20.0. The molecular weight excluding hydrogens is 370 g/mol. The van der Waals surface area contributed by atoms with Crippen molar-refractivity contribution in [3.63, 3.8) is 0 Å².